The zero-order valence-corrected chi connectivity index (χ0v) is 12.7. The third-order valence-electron chi connectivity index (χ3n) is 3.15. The van der Waals surface area contributed by atoms with Gasteiger partial charge in [0, 0.05) is 37.9 Å². The minimum Gasteiger partial charge on any atom is -0.346 e. The average Bonchev–Trinajstić information content (AvgIpc) is 2.38. The van der Waals surface area contributed by atoms with Crippen molar-refractivity contribution in [1.82, 2.24) is 20.2 Å². The molecular weight excluding hydrogens is 254 g/mol. The van der Waals surface area contributed by atoms with Crippen molar-refractivity contribution in [2.75, 3.05) is 38.1 Å². The van der Waals surface area contributed by atoms with Crippen LogP contribution in [-0.2, 0) is 0 Å². The molecular formula is C14H23N5O. The summed E-state index contributed by atoms with van der Waals surface area (Å²) in [5.41, 5.74) is 0.152. The molecule has 6 heteroatoms. The van der Waals surface area contributed by atoms with E-state index >= 15 is 0 Å². The molecule has 0 spiro atoms. The number of carbonyl (C=O) groups is 1. The largest absolute Gasteiger partial charge is 0.346 e. The Hall–Kier alpha value is -1.69. The monoisotopic (exact) mass is 277 g/mol. The minimum absolute atomic E-state index is 0.157. The molecule has 1 fully saturated rings. The standard InChI is InChI=1S/C14H23N5O/c1-14(2,3)17-12(20)11-5-6-15-13(16-11)19-9-7-18(4)8-10-19/h5-6H,7-10H2,1-4H3,(H,17,20). The van der Waals surface area contributed by atoms with Gasteiger partial charge in [0.1, 0.15) is 5.69 Å². The number of nitrogens with one attached hydrogen (secondary N) is 1. The first-order chi connectivity index (χ1) is 9.35. The predicted octanol–water partition coefficient (Wildman–Crippen LogP) is 0.757. The number of hydrogen-bond acceptors (Lipinski definition) is 5. The number of piperazine rings is 1. The van der Waals surface area contributed by atoms with Crippen LogP contribution in [0.25, 0.3) is 0 Å². The van der Waals surface area contributed by atoms with Gasteiger partial charge in [-0.2, -0.15) is 0 Å². The van der Waals surface area contributed by atoms with E-state index in [1.165, 1.54) is 0 Å². The van der Waals surface area contributed by atoms with Gasteiger partial charge >= 0.3 is 0 Å². The van der Waals surface area contributed by atoms with Gasteiger partial charge in [-0.25, -0.2) is 9.97 Å². The fraction of sp³-hybridized carbons (Fsp3) is 0.643. The smallest absolute Gasteiger partial charge is 0.270 e. The summed E-state index contributed by atoms with van der Waals surface area (Å²) >= 11 is 0. The highest BCUT2D eigenvalue weighted by Gasteiger charge is 2.20. The van der Waals surface area contributed by atoms with Gasteiger partial charge in [0.25, 0.3) is 5.91 Å². The number of rotatable bonds is 2. The fourth-order valence-corrected chi connectivity index (χ4v) is 2.04. The molecule has 0 aromatic carbocycles. The van der Waals surface area contributed by atoms with Crippen LogP contribution < -0.4 is 10.2 Å². The molecule has 0 unspecified atom stereocenters. The molecule has 2 heterocycles. The van der Waals surface area contributed by atoms with E-state index in [9.17, 15) is 4.79 Å². The average molecular weight is 277 g/mol. The lowest BCUT2D eigenvalue weighted by atomic mass is 10.1. The molecule has 0 atom stereocenters. The number of carbonyl (C=O) groups excluding carboxylic acids is 1. The van der Waals surface area contributed by atoms with E-state index < -0.39 is 0 Å². The Morgan fingerprint density at radius 1 is 1.25 bits per heavy atom. The third kappa shape index (κ3) is 3.90. The number of hydrogen-bond donors (Lipinski definition) is 1. The molecule has 1 aliphatic rings. The topological polar surface area (TPSA) is 61.4 Å². The van der Waals surface area contributed by atoms with Crippen LogP contribution in [0.1, 0.15) is 31.3 Å². The highest BCUT2D eigenvalue weighted by atomic mass is 16.2. The Balaban J connectivity index is 2.10. The van der Waals surface area contributed by atoms with Crippen LogP contribution in [0.4, 0.5) is 5.95 Å². The number of anilines is 1. The molecule has 0 radical (unpaired) electrons. The molecule has 0 aliphatic carbocycles. The quantitative estimate of drug-likeness (QED) is 0.864. The van der Waals surface area contributed by atoms with E-state index in [0.717, 1.165) is 26.2 Å². The van der Waals surface area contributed by atoms with Gasteiger partial charge in [0.05, 0.1) is 0 Å². The van der Waals surface area contributed by atoms with Crippen LogP contribution in [0.3, 0.4) is 0 Å². The Morgan fingerprint density at radius 2 is 1.90 bits per heavy atom. The van der Waals surface area contributed by atoms with E-state index in [0.29, 0.717) is 11.6 Å². The maximum atomic E-state index is 12.1. The summed E-state index contributed by atoms with van der Waals surface area (Å²) in [6.45, 7) is 9.61. The molecule has 1 amide bonds. The number of nitrogens with zero attached hydrogens (tertiary/aromatic N) is 4. The van der Waals surface area contributed by atoms with Gasteiger partial charge in [-0.1, -0.05) is 0 Å². The first-order valence-corrected chi connectivity index (χ1v) is 6.94. The first kappa shape index (κ1) is 14.7. The third-order valence-corrected chi connectivity index (χ3v) is 3.15. The maximum absolute atomic E-state index is 12.1. The van der Waals surface area contributed by atoms with E-state index in [2.05, 4.69) is 32.1 Å². The van der Waals surface area contributed by atoms with Gasteiger partial charge < -0.3 is 15.1 Å². The van der Waals surface area contributed by atoms with Crippen LogP contribution in [0.15, 0.2) is 12.3 Å². The van der Waals surface area contributed by atoms with Gasteiger partial charge in [-0.15, -0.1) is 0 Å². The predicted molar refractivity (Wildman–Crippen MR) is 79.0 cm³/mol. The van der Waals surface area contributed by atoms with E-state index in [4.69, 9.17) is 0 Å². The second-order valence-corrected chi connectivity index (χ2v) is 6.24. The van der Waals surface area contributed by atoms with Crippen LogP contribution in [0, 0.1) is 0 Å². The lowest BCUT2D eigenvalue weighted by molar-refractivity contribution is 0.0914. The molecule has 1 aliphatic heterocycles. The van der Waals surface area contributed by atoms with Crippen molar-refractivity contribution in [3.63, 3.8) is 0 Å². The molecule has 2 rings (SSSR count). The van der Waals surface area contributed by atoms with Gasteiger partial charge in [-0.3, -0.25) is 4.79 Å². The second kappa shape index (κ2) is 5.75. The van der Waals surface area contributed by atoms with E-state index in [-0.39, 0.29) is 11.4 Å². The Morgan fingerprint density at radius 3 is 2.50 bits per heavy atom. The van der Waals surface area contributed by atoms with Crippen molar-refractivity contribution in [3.05, 3.63) is 18.0 Å². The second-order valence-electron chi connectivity index (χ2n) is 6.24. The lowest BCUT2D eigenvalue weighted by Crippen LogP contribution is -2.45. The van der Waals surface area contributed by atoms with E-state index in [1.54, 1.807) is 12.3 Å². The minimum atomic E-state index is -0.268. The summed E-state index contributed by atoms with van der Waals surface area (Å²) in [7, 11) is 2.10. The highest BCUT2D eigenvalue weighted by molar-refractivity contribution is 5.92. The molecule has 0 saturated carbocycles. The number of amides is 1. The zero-order valence-electron chi connectivity index (χ0n) is 12.7. The van der Waals surface area contributed by atoms with Crippen molar-refractivity contribution >= 4 is 11.9 Å². The molecule has 1 aromatic rings. The van der Waals surface area contributed by atoms with Crippen molar-refractivity contribution < 1.29 is 4.79 Å². The zero-order chi connectivity index (χ0) is 14.8. The lowest BCUT2D eigenvalue weighted by Gasteiger charge is -2.32. The number of aromatic nitrogens is 2. The molecule has 20 heavy (non-hydrogen) atoms. The summed E-state index contributed by atoms with van der Waals surface area (Å²) in [4.78, 5) is 25.2. The van der Waals surface area contributed by atoms with Gasteiger partial charge in [0.2, 0.25) is 5.95 Å². The van der Waals surface area contributed by atoms with Crippen molar-refractivity contribution in [3.8, 4) is 0 Å². The molecule has 1 aromatic heterocycles. The Bertz CT molecular complexity index is 475. The molecule has 1 N–H and O–H groups in total. The van der Waals surface area contributed by atoms with Gasteiger partial charge in [0.15, 0.2) is 0 Å². The summed E-state index contributed by atoms with van der Waals surface area (Å²) in [6, 6.07) is 1.65. The molecule has 6 nitrogen and oxygen atoms in total. The summed E-state index contributed by atoms with van der Waals surface area (Å²) in [5.74, 6) is 0.481. The molecule has 0 bridgehead atoms. The van der Waals surface area contributed by atoms with Crippen molar-refractivity contribution in [2.24, 2.45) is 0 Å². The van der Waals surface area contributed by atoms with Crippen LogP contribution >= 0.6 is 0 Å². The Kier molecular flexibility index (Phi) is 4.23. The molecule has 1 saturated heterocycles. The maximum Gasteiger partial charge on any atom is 0.270 e. The van der Waals surface area contributed by atoms with Crippen molar-refractivity contribution in [1.29, 1.82) is 0 Å². The fourth-order valence-electron chi connectivity index (χ4n) is 2.04. The SMILES string of the molecule is CN1CCN(c2nccc(C(=O)NC(C)(C)C)n2)CC1. The highest BCUT2D eigenvalue weighted by Crippen LogP contribution is 2.11. The normalized spacial score (nSPS) is 17.1. The van der Waals surface area contributed by atoms with Crippen LogP contribution in [0.2, 0.25) is 0 Å². The Labute approximate surface area is 120 Å². The van der Waals surface area contributed by atoms with Crippen LogP contribution in [-0.4, -0.2) is 59.5 Å². The first-order valence-electron chi connectivity index (χ1n) is 6.94. The summed E-state index contributed by atoms with van der Waals surface area (Å²) in [6.07, 6.45) is 1.65. The molecule has 110 valence electrons. The van der Waals surface area contributed by atoms with Gasteiger partial charge in [-0.05, 0) is 33.9 Å². The summed E-state index contributed by atoms with van der Waals surface area (Å²) < 4.78 is 0. The summed E-state index contributed by atoms with van der Waals surface area (Å²) in [5, 5.41) is 2.92. The van der Waals surface area contributed by atoms with Crippen LogP contribution in [0.5, 0.6) is 0 Å². The van der Waals surface area contributed by atoms with Crippen molar-refractivity contribution in [2.45, 2.75) is 26.3 Å². The number of likely N-dealkylation sites (N-methyl/N-ethyl adjacent to an activating group) is 1. The van der Waals surface area contributed by atoms with E-state index in [1.807, 2.05) is 20.8 Å².